The highest BCUT2D eigenvalue weighted by Crippen LogP contribution is 2.29. The van der Waals surface area contributed by atoms with Gasteiger partial charge >= 0.3 is 0 Å². The van der Waals surface area contributed by atoms with Gasteiger partial charge in [-0.3, -0.25) is 4.79 Å². The van der Waals surface area contributed by atoms with Crippen molar-refractivity contribution in [2.75, 3.05) is 4.90 Å². The molecule has 2 aromatic heterocycles. The summed E-state index contributed by atoms with van der Waals surface area (Å²) < 4.78 is 15.3. The third-order valence-electron chi connectivity index (χ3n) is 5.20. The van der Waals surface area contributed by atoms with E-state index in [2.05, 4.69) is 4.98 Å². The summed E-state index contributed by atoms with van der Waals surface area (Å²) in [5, 5.41) is 0. The Bertz CT molecular complexity index is 926. The first-order valence-electron chi connectivity index (χ1n) is 9.12. The highest BCUT2D eigenvalue weighted by atomic mass is 19.1. The predicted molar refractivity (Wildman–Crippen MR) is 99.8 cm³/mol. The lowest BCUT2D eigenvalue weighted by Gasteiger charge is -2.29. The Kier molecular flexibility index (Phi) is 4.45. The summed E-state index contributed by atoms with van der Waals surface area (Å²) in [4.78, 5) is 19.5. The number of pyridine rings is 1. The number of aryl methyl sites for hydroxylation is 1. The van der Waals surface area contributed by atoms with Gasteiger partial charge in [0.2, 0.25) is 5.91 Å². The number of nitrogens with zero attached hydrogens (tertiary/aromatic N) is 3. The molecule has 5 heteroatoms. The van der Waals surface area contributed by atoms with Crippen LogP contribution in [0.2, 0.25) is 0 Å². The fraction of sp³-hybridized carbons (Fsp3) is 0.333. The Hall–Kier alpha value is -2.69. The molecule has 1 fully saturated rings. The minimum Gasteiger partial charge on any atom is -0.309 e. The van der Waals surface area contributed by atoms with E-state index in [1.807, 2.05) is 34.6 Å². The fourth-order valence-electron chi connectivity index (χ4n) is 3.90. The second-order valence-corrected chi connectivity index (χ2v) is 6.99. The largest absolute Gasteiger partial charge is 0.309 e. The van der Waals surface area contributed by atoms with Crippen molar-refractivity contribution in [3.8, 4) is 0 Å². The van der Waals surface area contributed by atoms with Gasteiger partial charge in [0, 0.05) is 24.1 Å². The van der Waals surface area contributed by atoms with E-state index in [4.69, 9.17) is 0 Å². The number of aromatic nitrogens is 2. The molecule has 0 saturated heterocycles. The van der Waals surface area contributed by atoms with E-state index < -0.39 is 0 Å². The van der Waals surface area contributed by atoms with Gasteiger partial charge in [0.15, 0.2) is 0 Å². The smallest absolute Gasteiger partial charge is 0.233 e. The van der Waals surface area contributed by atoms with Gasteiger partial charge < -0.3 is 9.30 Å². The van der Waals surface area contributed by atoms with Crippen LogP contribution in [0.25, 0.3) is 5.65 Å². The van der Waals surface area contributed by atoms with Gasteiger partial charge in [-0.05, 0) is 55.7 Å². The van der Waals surface area contributed by atoms with Gasteiger partial charge in [-0.15, -0.1) is 0 Å². The van der Waals surface area contributed by atoms with Crippen LogP contribution in [0.15, 0.2) is 48.8 Å². The number of carbonyl (C=O) groups excluding carboxylic acids is 1. The molecule has 1 aromatic carbocycles. The molecule has 0 N–H and O–H groups in total. The molecule has 3 aromatic rings. The van der Waals surface area contributed by atoms with E-state index in [1.165, 1.54) is 12.1 Å². The number of benzene rings is 1. The fourth-order valence-corrected chi connectivity index (χ4v) is 3.90. The number of amides is 1. The second-order valence-electron chi connectivity index (χ2n) is 6.99. The van der Waals surface area contributed by atoms with Crippen LogP contribution in [0.1, 0.15) is 36.9 Å². The minimum absolute atomic E-state index is 0.0341. The standard InChI is InChI=1S/C21H22FN3O/c1-15-5-4-12-24-19(14-23-21(15)24)13-20(26)25(17-6-2-3-7-17)18-10-8-16(22)9-11-18/h4-5,8-12,14,17H,2-3,6-7,13H2,1H3. The molecule has 0 bridgehead atoms. The molecule has 1 amide bonds. The predicted octanol–water partition coefficient (Wildman–Crippen LogP) is 4.30. The first kappa shape index (κ1) is 16.8. The maximum atomic E-state index is 13.3. The van der Waals surface area contributed by atoms with Crippen molar-refractivity contribution in [1.29, 1.82) is 0 Å². The van der Waals surface area contributed by atoms with Crippen molar-refractivity contribution >= 4 is 17.2 Å². The number of fused-ring (bicyclic) bond motifs is 1. The van der Waals surface area contributed by atoms with Crippen molar-refractivity contribution in [3.63, 3.8) is 0 Å². The molecule has 4 nitrogen and oxygen atoms in total. The van der Waals surface area contributed by atoms with Crippen molar-refractivity contribution in [3.05, 3.63) is 65.9 Å². The lowest BCUT2D eigenvalue weighted by Crippen LogP contribution is -2.40. The summed E-state index contributed by atoms with van der Waals surface area (Å²) in [5.41, 5.74) is 3.61. The number of hydrogen-bond donors (Lipinski definition) is 0. The van der Waals surface area contributed by atoms with E-state index in [0.717, 1.165) is 48.3 Å². The summed E-state index contributed by atoms with van der Waals surface area (Å²) in [7, 11) is 0. The van der Waals surface area contributed by atoms with Gasteiger partial charge in [0.05, 0.1) is 12.1 Å². The SMILES string of the molecule is Cc1cccn2c(CC(=O)N(c3ccc(F)cc3)C3CCCC3)cnc12. The second kappa shape index (κ2) is 6.90. The quantitative estimate of drug-likeness (QED) is 0.703. The Morgan fingerprint density at radius 2 is 1.96 bits per heavy atom. The van der Waals surface area contributed by atoms with E-state index in [9.17, 15) is 9.18 Å². The van der Waals surface area contributed by atoms with Crippen molar-refractivity contribution in [2.45, 2.75) is 45.1 Å². The first-order chi connectivity index (χ1) is 12.6. The van der Waals surface area contributed by atoms with Crippen molar-refractivity contribution in [2.24, 2.45) is 0 Å². The van der Waals surface area contributed by atoms with Crippen molar-refractivity contribution in [1.82, 2.24) is 9.38 Å². The van der Waals surface area contributed by atoms with Gasteiger partial charge in [0.1, 0.15) is 11.5 Å². The van der Waals surface area contributed by atoms with E-state index in [1.54, 1.807) is 18.3 Å². The van der Waals surface area contributed by atoms with Crippen LogP contribution in [-0.4, -0.2) is 21.3 Å². The van der Waals surface area contributed by atoms with Crippen LogP contribution in [0.3, 0.4) is 0 Å². The van der Waals surface area contributed by atoms with Gasteiger partial charge in [0.25, 0.3) is 0 Å². The third-order valence-corrected chi connectivity index (χ3v) is 5.20. The highest BCUT2D eigenvalue weighted by molar-refractivity contribution is 5.95. The van der Waals surface area contributed by atoms with Crippen LogP contribution in [0.5, 0.6) is 0 Å². The van der Waals surface area contributed by atoms with Crippen molar-refractivity contribution < 1.29 is 9.18 Å². The van der Waals surface area contributed by atoms with E-state index in [-0.39, 0.29) is 24.2 Å². The number of rotatable bonds is 4. The number of carbonyl (C=O) groups is 1. The van der Waals surface area contributed by atoms with Crippen LogP contribution < -0.4 is 4.90 Å². The first-order valence-corrected chi connectivity index (χ1v) is 9.12. The van der Waals surface area contributed by atoms with Crippen LogP contribution in [0.4, 0.5) is 10.1 Å². The maximum absolute atomic E-state index is 13.3. The zero-order chi connectivity index (χ0) is 18.1. The Morgan fingerprint density at radius 3 is 2.69 bits per heavy atom. The summed E-state index contributed by atoms with van der Waals surface area (Å²) in [6, 6.07) is 10.4. The molecule has 134 valence electrons. The maximum Gasteiger partial charge on any atom is 0.233 e. The third kappa shape index (κ3) is 3.09. The molecule has 0 atom stereocenters. The Morgan fingerprint density at radius 1 is 1.23 bits per heavy atom. The molecular weight excluding hydrogens is 329 g/mol. The molecule has 0 unspecified atom stereocenters. The normalized spacial score (nSPS) is 14.8. The zero-order valence-electron chi connectivity index (χ0n) is 14.9. The van der Waals surface area contributed by atoms with Gasteiger partial charge in [-0.25, -0.2) is 9.37 Å². The lowest BCUT2D eigenvalue weighted by atomic mass is 10.1. The number of imidazole rings is 1. The van der Waals surface area contributed by atoms with Crippen LogP contribution >= 0.6 is 0 Å². The minimum atomic E-state index is -0.287. The molecule has 1 aliphatic rings. The number of halogens is 1. The molecule has 0 aliphatic heterocycles. The van der Waals surface area contributed by atoms with E-state index in [0.29, 0.717) is 0 Å². The van der Waals surface area contributed by atoms with E-state index >= 15 is 0 Å². The molecule has 0 spiro atoms. The number of hydrogen-bond acceptors (Lipinski definition) is 2. The molecule has 2 heterocycles. The topological polar surface area (TPSA) is 37.6 Å². The van der Waals surface area contributed by atoms with Gasteiger partial charge in [-0.1, -0.05) is 18.9 Å². The molecular formula is C21H22FN3O. The Balaban J connectivity index is 1.65. The molecule has 26 heavy (non-hydrogen) atoms. The molecule has 0 radical (unpaired) electrons. The molecule has 1 aliphatic carbocycles. The monoisotopic (exact) mass is 351 g/mol. The molecule has 1 saturated carbocycles. The number of anilines is 1. The average molecular weight is 351 g/mol. The lowest BCUT2D eigenvalue weighted by molar-refractivity contribution is -0.118. The zero-order valence-corrected chi connectivity index (χ0v) is 14.9. The summed E-state index contributed by atoms with van der Waals surface area (Å²) >= 11 is 0. The Labute approximate surface area is 152 Å². The average Bonchev–Trinajstić information content (AvgIpc) is 3.28. The van der Waals surface area contributed by atoms with Crippen LogP contribution in [0, 0.1) is 12.7 Å². The van der Waals surface area contributed by atoms with Crippen LogP contribution in [-0.2, 0) is 11.2 Å². The van der Waals surface area contributed by atoms with Gasteiger partial charge in [-0.2, -0.15) is 0 Å². The summed E-state index contributed by atoms with van der Waals surface area (Å²) in [6.07, 6.45) is 8.24. The summed E-state index contributed by atoms with van der Waals surface area (Å²) in [5.74, 6) is -0.253. The summed E-state index contributed by atoms with van der Waals surface area (Å²) in [6.45, 7) is 2.01. The molecule has 4 rings (SSSR count). The highest BCUT2D eigenvalue weighted by Gasteiger charge is 2.28.